The maximum absolute atomic E-state index is 10.8. The lowest BCUT2D eigenvalue weighted by molar-refractivity contribution is -0.384. The lowest BCUT2D eigenvalue weighted by Gasteiger charge is -1.93. The number of aromatic nitrogens is 2. The zero-order valence-electron chi connectivity index (χ0n) is 13.1. The van der Waals surface area contributed by atoms with Crippen LogP contribution >= 0.6 is 11.6 Å². The number of nitro benzene ring substituents is 1. The van der Waals surface area contributed by atoms with Gasteiger partial charge >= 0.3 is 5.95 Å². The summed E-state index contributed by atoms with van der Waals surface area (Å²) in [6, 6.07) is 9.32. The molecule has 0 unspecified atom stereocenters. The molecule has 0 atom stereocenters. The van der Waals surface area contributed by atoms with Crippen LogP contribution in [0, 0.1) is 10.1 Å². The molecule has 0 aliphatic rings. The Bertz CT molecular complexity index is 996. The molecule has 8 nitrogen and oxygen atoms in total. The van der Waals surface area contributed by atoms with Gasteiger partial charge in [-0.1, -0.05) is 23.7 Å². The molecule has 0 spiro atoms. The van der Waals surface area contributed by atoms with Crippen LogP contribution in [0.3, 0.4) is 0 Å². The molecule has 1 N–H and O–H groups in total. The van der Waals surface area contributed by atoms with Crippen molar-refractivity contribution in [2.24, 2.45) is 4.99 Å². The molecule has 0 aliphatic heterocycles. The van der Waals surface area contributed by atoms with Crippen molar-refractivity contribution in [3.63, 3.8) is 0 Å². The first-order valence-electron chi connectivity index (χ1n) is 7.29. The lowest BCUT2D eigenvalue weighted by atomic mass is 10.2. The van der Waals surface area contributed by atoms with E-state index in [0.29, 0.717) is 16.4 Å². The summed E-state index contributed by atoms with van der Waals surface area (Å²) in [7, 11) is 0. The summed E-state index contributed by atoms with van der Waals surface area (Å²) >= 11 is 5.74. The van der Waals surface area contributed by atoms with Crippen molar-refractivity contribution in [3.8, 4) is 5.95 Å². The van der Waals surface area contributed by atoms with Gasteiger partial charge < -0.3 is 9.52 Å². The van der Waals surface area contributed by atoms with Crippen molar-refractivity contribution in [1.82, 2.24) is 9.97 Å². The highest BCUT2D eigenvalue weighted by atomic mass is 35.5. The van der Waals surface area contributed by atoms with Crippen LogP contribution in [0.25, 0.3) is 12.2 Å². The molecular formula is C17H11ClN4O4. The predicted molar refractivity (Wildman–Crippen MR) is 96.7 cm³/mol. The number of hydrogen-bond donors (Lipinski definition) is 1. The third kappa shape index (κ3) is 4.31. The Morgan fingerprint density at radius 2 is 2.12 bits per heavy atom. The second kappa shape index (κ2) is 7.58. The van der Waals surface area contributed by atoms with Gasteiger partial charge in [0.2, 0.25) is 5.89 Å². The van der Waals surface area contributed by atoms with E-state index >= 15 is 0 Å². The minimum Gasteiger partial charge on any atom is -0.479 e. The van der Waals surface area contributed by atoms with Crippen LogP contribution in [0.4, 0.5) is 11.5 Å². The van der Waals surface area contributed by atoms with E-state index in [1.54, 1.807) is 30.3 Å². The molecule has 26 heavy (non-hydrogen) atoms. The molecule has 0 saturated heterocycles. The number of aliphatic imine (C=N–C) groups is 1. The SMILES string of the molecule is O=[N+]([O-])c1cccc(C=Cc2nc(C=Nc3ccc(Cl)cn3)c(O)o2)c1. The Morgan fingerprint density at radius 3 is 2.85 bits per heavy atom. The molecule has 3 rings (SSSR count). The molecule has 0 radical (unpaired) electrons. The zero-order chi connectivity index (χ0) is 18.5. The van der Waals surface area contributed by atoms with E-state index in [-0.39, 0.29) is 17.3 Å². The summed E-state index contributed by atoms with van der Waals surface area (Å²) in [5.41, 5.74) is 0.698. The molecule has 3 aromatic rings. The van der Waals surface area contributed by atoms with Crippen LogP contribution in [-0.4, -0.2) is 26.2 Å². The summed E-state index contributed by atoms with van der Waals surface area (Å²) in [6.45, 7) is 0. The van der Waals surface area contributed by atoms with Crippen LogP contribution in [-0.2, 0) is 0 Å². The Labute approximate surface area is 152 Å². The highest BCUT2D eigenvalue weighted by Gasteiger charge is 2.09. The topological polar surface area (TPSA) is 115 Å². The third-order valence-corrected chi connectivity index (χ3v) is 3.40. The molecule has 0 bridgehead atoms. The quantitative estimate of drug-likeness (QED) is 0.407. The van der Waals surface area contributed by atoms with E-state index in [1.165, 1.54) is 30.6 Å². The van der Waals surface area contributed by atoms with E-state index in [0.717, 1.165) is 0 Å². The second-order valence-corrected chi connectivity index (χ2v) is 5.46. The van der Waals surface area contributed by atoms with E-state index < -0.39 is 10.9 Å². The van der Waals surface area contributed by atoms with Gasteiger partial charge in [0.15, 0.2) is 11.5 Å². The largest absolute Gasteiger partial charge is 0.479 e. The molecular weight excluding hydrogens is 360 g/mol. The second-order valence-electron chi connectivity index (χ2n) is 5.02. The van der Waals surface area contributed by atoms with Crippen molar-refractivity contribution in [2.75, 3.05) is 0 Å². The number of hydrogen-bond acceptors (Lipinski definition) is 7. The number of nitrogens with zero attached hydrogens (tertiary/aromatic N) is 4. The maximum atomic E-state index is 10.8. The van der Waals surface area contributed by atoms with Gasteiger partial charge in [-0.05, 0) is 23.8 Å². The number of pyridine rings is 1. The van der Waals surface area contributed by atoms with E-state index in [1.807, 2.05) is 0 Å². The fraction of sp³-hybridized carbons (Fsp3) is 0. The fourth-order valence-corrected chi connectivity index (χ4v) is 2.09. The molecule has 2 aromatic heterocycles. The summed E-state index contributed by atoms with van der Waals surface area (Å²) in [4.78, 5) is 22.4. The first-order chi connectivity index (χ1) is 12.5. The number of benzene rings is 1. The zero-order valence-corrected chi connectivity index (χ0v) is 13.9. The Kier molecular flexibility index (Phi) is 5.04. The van der Waals surface area contributed by atoms with Crippen LogP contribution in [0.15, 0.2) is 52.0 Å². The van der Waals surface area contributed by atoms with Gasteiger partial charge in [-0.3, -0.25) is 10.1 Å². The maximum Gasteiger partial charge on any atom is 0.312 e. The summed E-state index contributed by atoms with van der Waals surface area (Å²) in [5, 5.41) is 21.0. The van der Waals surface area contributed by atoms with Crippen molar-refractivity contribution in [3.05, 3.63) is 74.9 Å². The Morgan fingerprint density at radius 1 is 1.27 bits per heavy atom. The molecule has 130 valence electrons. The summed E-state index contributed by atoms with van der Waals surface area (Å²) in [5.74, 6) is 0.117. The van der Waals surface area contributed by atoms with E-state index in [4.69, 9.17) is 16.0 Å². The van der Waals surface area contributed by atoms with Gasteiger partial charge in [-0.2, -0.15) is 0 Å². The minimum absolute atomic E-state index is 0.0225. The van der Waals surface area contributed by atoms with Crippen molar-refractivity contribution >= 4 is 41.5 Å². The molecule has 9 heteroatoms. The average molecular weight is 371 g/mol. The molecule has 0 fully saturated rings. The van der Waals surface area contributed by atoms with Gasteiger partial charge in [-0.15, -0.1) is 0 Å². The Hall–Kier alpha value is -3.52. The smallest absolute Gasteiger partial charge is 0.312 e. The van der Waals surface area contributed by atoms with Crippen LogP contribution in [0.2, 0.25) is 5.02 Å². The molecule has 0 amide bonds. The molecule has 0 saturated carbocycles. The van der Waals surface area contributed by atoms with Crippen LogP contribution in [0.5, 0.6) is 5.95 Å². The highest BCUT2D eigenvalue weighted by Crippen LogP contribution is 2.20. The standard InChI is InChI=1S/C17H11ClN4O4/c18-12-5-6-15(19-9-12)20-10-14-17(23)26-16(21-14)7-4-11-2-1-3-13(8-11)22(24)25/h1-10,23H. The molecule has 2 heterocycles. The van der Waals surface area contributed by atoms with Crippen LogP contribution in [0.1, 0.15) is 17.1 Å². The monoisotopic (exact) mass is 370 g/mol. The number of rotatable bonds is 5. The first-order valence-corrected chi connectivity index (χ1v) is 7.67. The Balaban J connectivity index is 1.76. The number of aromatic hydroxyl groups is 1. The number of halogens is 1. The lowest BCUT2D eigenvalue weighted by Crippen LogP contribution is -1.87. The van der Waals surface area contributed by atoms with Crippen molar-refractivity contribution in [1.29, 1.82) is 0 Å². The van der Waals surface area contributed by atoms with E-state index in [2.05, 4.69) is 15.0 Å². The van der Waals surface area contributed by atoms with Gasteiger partial charge in [0.25, 0.3) is 5.69 Å². The molecule has 0 aliphatic carbocycles. The van der Waals surface area contributed by atoms with Crippen LogP contribution < -0.4 is 0 Å². The number of non-ortho nitro benzene ring substituents is 1. The van der Waals surface area contributed by atoms with E-state index in [9.17, 15) is 15.2 Å². The highest BCUT2D eigenvalue weighted by molar-refractivity contribution is 6.30. The van der Waals surface area contributed by atoms with Gasteiger partial charge in [0.1, 0.15) is 0 Å². The number of nitro groups is 1. The van der Waals surface area contributed by atoms with Gasteiger partial charge in [-0.25, -0.2) is 15.0 Å². The van der Waals surface area contributed by atoms with Crippen molar-refractivity contribution < 1.29 is 14.4 Å². The first kappa shape index (κ1) is 17.3. The third-order valence-electron chi connectivity index (χ3n) is 3.18. The van der Waals surface area contributed by atoms with Crippen molar-refractivity contribution in [2.45, 2.75) is 0 Å². The predicted octanol–water partition coefficient (Wildman–Crippen LogP) is 4.26. The summed E-state index contributed by atoms with van der Waals surface area (Å²) in [6.07, 6.45) is 5.82. The number of oxazole rings is 1. The summed E-state index contributed by atoms with van der Waals surface area (Å²) < 4.78 is 5.11. The molecule has 1 aromatic carbocycles. The fourth-order valence-electron chi connectivity index (χ4n) is 1.98. The minimum atomic E-state index is -0.478. The van der Waals surface area contributed by atoms with Gasteiger partial charge in [0, 0.05) is 24.4 Å². The average Bonchev–Trinajstić information content (AvgIpc) is 2.99. The van der Waals surface area contributed by atoms with Gasteiger partial charge in [0.05, 0.1) is 16.2 Å². The normalized spacial score (nSPS) is 11.4.